The maximum atomic E-state index is 8.89. The second kappa shape index (κ2) is 8.42. The monoisotopic (exact) mass is 234 g/mol. The Balaban J connectivity index is 0. The van der Waals surface area contributed by atoms with E-state index in [0.717, 1.165) is 6.92 Å². The van der Waals surface area contributed by atoms with Crippen molar-refractivity contribution in [3.63, 3.8) is 0 Å². The van der Waals surface area contributed by atoms with Crippen LogP contribution in [0.4, 0.5) is 0 Å². The summed E-state index contributed by atoms with van der Waals surface area (Å²) in [5, 5.41) is 8.89. The summed E-state index contributed by atoms with van der Waals surface area (Å²) in [6.07, 6.45) is 5.08. The second-order valence-electron chi connectivity index (χ2n) is 1.25. The third kappa shape index (κ3) is 15.7. The van der Waals surface area contributed by atoms with Crippen molar-refractivity contribution in [1.29, 1.82) is 0 Å². The molecule has 1 aromatic rings. The van der Waals surface area contributed by atoms with Crippen LogP contribution in [0.15, 0.2) is 18.7 Å². The average molecular weight is 235 g/mol. The second-order valence-corrected chi connectivity index (χ2v) is 1.25. The van der Waals surface area contributed by atoms with Crippen LogP contribution in [0.5, 0.6) is 0 Å². The molecule has 0 radical (unpaired) electrons. The average Bonchev–Trinajstić information content (AvgIpc) is 2.11. The third-order valence-electron chi connectivity index (χ3n) is 0.406. The van der Waals surface area contributed by atoms with E-state index in [1.807, 2.05) is 0 Å². The van der Waals surface area contributed by atoms with Gasteiger partial charge in [0.05, 0.1) is 6.33 Å². The fourth-order valence-electron chi connectivity index (χ4n) is 0.215. The maximum Gasteiger partial charge on any atom is 1.00 e. The minimum Gasteiger partial charge on any atom is -0.550 e. The van der Waals surface area contributed by atoms with Gasteiger partial charge in [-0.05, 0) is 6.92 Å². The van der Waals surface area contributed by atoms with Crippen molar-refractivity contribution < 1.29 is 32.3 Å². The molecule has 0 atom stereocenters. The summed E-state index contributed by atoms with van der Waals surface area (Å²) in [6, 6.07) is 0. The third-order valence-corrected chi connectivity index (χ3v) is 0.406. The van der Waals surface area contributed by atoms with Gasteiger partial charge in [-0.3, -0.25) is 0 Å². The zero-order valence-electron chi connectivity index (χ0n) is 5.30. The minimum atomic E-state index is -1.08. The van der Waals surface area contributed by atoms with Crippen molar-refractivity contribution in [3.05, 3.63) is 18.7 Å². The topological polar surface area (TPSA) is 68.8 Å². The van der Waals surface area contributed by atoms with Gasteiger partial charge in [-0.15, -0.1) is 0 Å². The predicted octanol–water partition coefficient (Wildman–Crippen LogP) is -0.837. The van der Waals surface area contributed by atoms with E-state index in [2.05, 4.69) is 9.97 Å². The Labute approximate surface area is 74.2 Å². The molecule has 10 heavy (non-hydrogen) atoms. The zero-order chi connectivity index (χ0) is 7.11. The predicted molar refractivity (Wildman–Crippen MR) is 29.3 cm³/mol. The fraction of sp³-hybridized carbons (Fsp3) is 0.200. The normalized spacial score (nSPS) is 6.50. The molecule has 0 spiro atoms. The first-order chi connectivity index (χ1) is 4.23. The largest absolute Gasteiger partial charge is 1.00 e. The van der Waals surface area contributed by atoms with Crippen molar-refractivity contribution >= 4 is 5.97 Å². The van der Waals surface area contributed by atoms with Crippen molar-refractivity contribution in [3.8, 4) is 0 Å². The summed E-state index contributed by atoms with van der Waals surface area (Å²) < 4.78 is 0. The van der Waals surface area contributed by atoms with Gasteiger partial charge in [-0.2, -0.15) is 0 Å². The molecule has 0 bridgehead atoms. The smallest absolute Gasteiger partial charge is 0.550 e. The van der Waals surface area contributed by atoms with Gasteiger partial charge < -0.3 is 14.9 Å². The van der Waals surface area contributed by atoms with E-state index in [9.17, 15) is 0 Å². The number of nitrogens with zero attached hydrogens (tertiary/aromatic N) is 1. The quantitative estimate of drug-likeness (QED) is 0.596. The molecule has 60 valence electrons. The number of nitrogens with one attached hydrogen (secondary N) is 1. The van der Waals surface area contributed by atoms with Crippen LogP contribution >= 0.6 is 0 Å². The van der Waals surface area contributed by atoms with Gasteiger partial charge in [-0.25, -0.2) is 4.98 Å². The Bertz CT molecular complexity index is 131. The molecule has 1 heterocycles. The van der Waals surface area contributed by atoms with Crippen LogP contribution in [-0.4, -0.2) is 15.9 Å². The standard InChI is InChI=1S/C3H4N2.C2H4O2.Ag/c1-2-5-3-4-1;1-2(3)4;/h1-3H,(H,4,5);1H3,(H,3,4);/q;;+1/p-1. The first-order valence-electron chi connectivity index (χ1n) is 2.34. The van der Waals surface area contributed by atoms with Gasteiger partial charge in [0.15, 0.2) is 0 Å². The minimum absolute atomic E-state index is 0. The van der Waals surface area contributed by atoms with Crippen LogP contribution in [0, 0.1) is 0 Å². The Morgan fingerprint density at radius 2 is 2.20 bits per heavy atom. The molecule has 0 aliphatic carbocycles. The van der Waals surface area contributed by atoms with Gasteiger partial charge in [0.25, 0.3) is 0 Å². The van der Waals surface area contributed by atoms with Gasteiger partial charge in [0.2, 0.25) is 0 Å². The molecule has 0 unspecified atom stereocenters. The number of hydrogen-bond donors (Lipinski definition) is 1. The van der Waals surface area contributed by atoms with Crippen LogP contribution in [0.2, 0.25) is 0 Å². The molecule has 1 rings (SSSR count). The number of imidazole rings is 1. The number of aliphatic carboxylic acids is 1. The van der Waals surface area contributed by atoms with Crippen LogP contribution in [-0.2, 0) is 27.2 Å². The van der Waals surface area contributed by atoms with E-state index in [1.54, 1.807) is 18.7 Å². The van der Waals surface area contributed by atoms with Gasteiger partial charge in [-0.1, -0.05) is 0 Å². The van der Waals surface area contributed by atoms with E-state index in [4.69, 9.17) is 9.90 Å². The van der Waals surface area contributed by atoms with Crippen LogP contribution < -0.4 is 5.11 Å². The van der Waals surface area contributed by atoms with Crippen molar-refractivity contribution in [2.75, 3.05) is 0 Å². The van der Waals surface area contributed by atoms with E-state index < -0.39 is 5.97 Å². The number of aromatic amines is 1. The SMILES string of the molecule is CC(=O)[O-].[Ag+].c1c[nH]cn1. The van der Waals surface area contributed by atoms with E-state index in [1.165, 1.54) is 0 Å². The Hall–Kier alpha value is -0.580. The molecule has 0 saturated carbocycles. The van der Waals surface area contributed by atoms with Crippen LogP contribution in [0.3, 0.4) is 0 Å². The van der Waals surface area contributed by atoms with Gasteiger partial charge in [0, 0.05) is 18.4 Å². The molecule has 0 aromatic carbocycles. The number of H-pyrrole nitrogens is 1. The Morgan fingerprint density at radius 3 is 2.30 bits per heavy atom. The molecule has 0 aliphatic heterocycles. The summed E-state index contributed by atoms with van der Waals surface area (Å²) in [5.74, 6) is -1.08. The summed E-state index contributed by atoms with van der Waals surface area (Å²) in [5.41, 5.74) is 0. The van der Waals surface area contributed by atoms with Crippen molar-refractivity contribution in [2.45, 2.75) is 6.92 Å². The summed E-state index contributed by atoms with van der Waals surface area (Å²) in [4.78, 5) is 15.3. The molecule has 0 saturated heterocycles. The van der Waals surface area contributed by atoms with Gasteiger partial charge >= 0.3 is 22.4 Å². The Morgan fingerprint density at radius 1 is 1.70 bits per heavy atom. The van der Waals surface area contributed by atoms with Crippen molar-refractivity contribution in [2.24, 2.45) is 0 Å². The molecule has 5 heteroatoms. The van der Waals surface area contributed by atoms with E-state index in [-0.39, 0.29) is 22.4 Å². The molecule has 0 fully saturated rings. The molecule has 1 aromatic heterocycles. The number of rotatable bonds is 0. The number of hydrogen-bond acceptors (Lipinski definition) is 3. The number of aromatic nitrogens is 2. The number of carbonyl (C=O) groups is 1. The fourth-order valence-corrected chi connectivity index (χ4v) is 0.215. The maximum absolute atomic E-state index is 8.89. The van der Waals surface area contributed by atoms with Crippen LogP contribution in [0.25, 0.3) is 0 Å². The molecule has 0 amide bonds. The first kappa shape index (κ1) is 12.1. The Kier molecular flexibility index (Phi) is 10.2. The van der Waals surface area contributed by atoms with E-state index >= 15 is 0 Å². The summed E-state index contributed by atoms with van der Waals surface area (Å²) in [6.45, 7) is 0.972. The van der Waals surface area contributed by atoms with E-state index in [0.29, 0.717) is 0 Å². The molecule has 0 aliphatic rings. The molecule has 1 N–H and O–H groups in total. The zero-order valence-corrected chi connectivity index (χ0v) is 6.78. The van der Waals surface area contributed by atoms with Crippen LogP contribution in [0.1, 0.15) is 6.92 Å². The summed E-state index contributed by atoms with van der Waals surface area (Å²) in [7, 11) is 0. The van der Waals surface area contributed by atoms with Crippen molar-refractivity contribution in [1.82, 2.24) is 9.97 Å². The number of carboxylic acid groups (broad SMARTS) is 1. The molecule has 4 nitrogen and oxygen atoms in total. The van der Waals surface area contributed by atoms with Gasteiger partial charge in [0.1, 0.15) is 0 Å². The molecular weight excluding hydrogens is 228 g/mol. The summed E-state index contributed by atoms with van der Waals surface area (Å²) >= 11 is 0. The number of carboxylic acids is 1. The first-order valence-corrected chi connectivity index (χ1v) is 2.34. The number of carbonyl (C=O) groups excluding carboxylic acids is 1. The molecular formula is C5H7AgN2O2.